The highest BCUT2D eigenvalue weighted by Crippen LogP contribution is 2.11. The standard InChI is InChI=1S/C14H30O4/c1-13(2)14(17-11-7-3-5-9-15)18-12-8-4-6-10-16/h13-16H,3-12H2,1-2H3. The molecule has 0 aliphatic heterocycles. The second-order valence-corrected chi connectivity index (χ2v) is 4.92. The van der Waals surface area contributed by atoms with E-state index in [9.17, 15) is 0 Å². The normalized spacial score (nSPS) is 11.7. The van der Waals surface area contributed by atoms with Crippen LogP contribution in [0.1, 0.15) is 52.4 Å². The largest absolute Gasteiger partial charge is 0.396 e. The number of hydrogen-bond acceptors (Lipinski definition) is 4. The molecule has 4 heteroatoms. The summed E-state index contributed by atoms with van der Waals surface area (Å²) in [7, 11) is 0. The molecular weight excluding hydrogens is 232 g/mol. The molecule has 0 amide bonds. The van der Waals surface area contributed by atoms with Crippen LogP contribution in [0.4, 0.5) is 0 Å². The molecule has 2 N–H and O–H groups in total. The lowest BCUT2D eigenvalue weighted by Gasteiger charge is -2.22. The minimum Gasteiger partial charge on any atom is -0.396 e. The molecule has 0 fully saturated rings. The first kappa shape index (κ1) is 17.8. The van der Waals surface area contributed by atoms with Crippen LogP contribution in [0, 0.1) is 5.92 Å². The molecule has 0 saturated heterocycles. The molecule has 4 nitrogen and oxygen atoms in total. The number of aliphatic hydroxyl groups excluding tert-OH is 2. The van der Waals surface area contributed by atoms with Crippen molar-refractivity contribution in [2.75, 3.05) is 26.4 Å². The third kappa shape index (κ3) is 11.0. The summed E-state index contributed by atoms with van der Waals surface area (Å²) in [5, 5.41) is 17.3. The molecule has 0 aromatic heterocycles. The fourth-order valence-corrected chi connectivity index (χ4v) is 1.61. The van der Waals surface area contributed by atoms with Gasteiger partial charge in [-0.3, -0.25) is 0 Å². The highest BCUT2D eigenvalue weighted by molar-refractivity contribution is 4.52. The molecular formula is C14H30O4. The van der Waals surface area contributed by atoms with Crippen LogP contribution in [-0.4, -0.2) is 42.9 Å². The van der Waals surface area contributed by atoms with Crippen LogP contribution in [0.25, 0.3) is 0 Å². The Morgan fingerprint density at radius 2 is 1.17 bits per heavy atom. The molecule has 0 aliphatic rings. The molecule has 0 saturated carbocycles. The van der Waals surface area contributed by atoms with Gasteiger partial charge in [-0.1, -0.05) is 13.8 Å². The summed E-state index contributed by atoms with van der Waals surface area (Å²) in [6.45, 7) is 6.08. The van der Waals surface area contributed by atoms with Gasteiger partial charge >= 0.3 is 0 Å². The molecule has 0 aliphatic carbocycles. The molecule has 0 spiro atoms. The van der Waals surface area contributed by atoms with Crippen LogP contribution in [-0.2, 0) is 9.47 Å². The monoisotopic (exact) mass is 262 g/mol. The molecule has 0 aromatic carbocycles. The van der Waals surface area contributed by atoms with E-state index in [1.165, 1.54) is 0 Å². The van der Waals surface area contributed by atoms with Gasteiger partial charge in [0.05, 0.1) is 0 Å². The summed E-state index contributed by atoms with van der Waals surface area (Å²) in [6, 6.07) is 0. The Kier molecular flexibility index (Phi) is 13.2. The number of hydrogen-bond donors (Lipinski definition) is 2. The van der Waals surface area contributed by atoms with E-state index >= 15 is 0 Å². The van der Waals surface area contributed by atoms with Gasteiger partial charge in [0, 0.05) is 32.3 Å². The number of ether oxygens (including phenoxy) is 2. The second-order valence-electron chi connectivity index (χ2n) is 4.92. The van der Waals surface area contributed by atoms with Gasteiger partial charge in [-0.2, -0.15) is 0 Å². The predicted octanol–water partition coefficient (Wildman–Crippen LogP) is 2.33. The molecule has 110 valence electrons. The van der Waals surface area contributed by atoms with E-state index < -0.39 is 0 Å². The van der Waals surface area contributed by atoms with Gasteiger partial charge in [0.2, 0.25) is 0 Å². The lowest BCUT2D eigenvalue weighted by Crippen LogP contribution is -2.24. The van der Waals surface area contributed by atoms with Crippen molar-refractivity contribution in [1.82, 2.24) is 0 Å². The maximum Gasteiger partial charge on any atom is 0.159 e. The third-order valence-electron chi connectivity index (χ3n) is 2.71. The van der Waals surface area contributed by atoms with E-state index in [2.05, 4.69) is 13.8 Å². The summed E-state index contributed by atoms with van der Waals surface area (Å²) >= 11 is 0. The molecule has 0 atom stereocenters. The molecule has 18 heavy (non-hydrogen) atoms. The lowest BCUT2D eigenvalue weighted by atomic mass is 10.2. The van der Waals surface area contributed by atoms with Gasteiger partial charge in [0.25, 0.3) is 0 Å². The van der Waals surface area contributed by atoms with E-state index in [1.54, 1.807) is 0 Å². The summed E-state index contributed by atoms with van der Waals surface area (Å²) < 4.78 is 11.4. The zero-order chi connectivity index (χ0) is 13.6. The Hall–Kier alpha value is -0.160. The Morgan fingerprint density at radius 1 is 0.722 bits per heavy atom. The van der Waals surface area contributed by atoms with E-state index in [0.29, 0.717) is 19.1 Å². The van der Waals surface area contributed by atoms with Crippen LogP contribution in [0.2, 0.25) is 0 Å². The van der Waals surface area contributed by atoms with Crippen LogP contribution >= 0.6 is 0 Å². The fraction of sp³-hybridized carbons (Fsp3) is 1.00. The molecule has 0 aromatic rings. The van der Waals surface area contributed by atoms with Gasteiger partial charge in [-0.25, -0.2) is 0 Å². The van der Waals surface area contributed by atoms with Crippen molar-refractivity contribution in [2.24, 2.45) is 5.92 Å². The van der Waals surface area contributed by atoms with Crippen LogP contribution in [0.3, 0.4) is 0 Å². The summed E-state index contributed by atoms with van der Waals surface area (Å²) in [6.07, 6.45) is 5.49. The molecule has 0 heterocycles. The van der Waals surface area contributed by atoms with Gasteiger partial charge < -0.3 is 19.7 Å². The zero-order valence-corrected chi connectivity index (χ0v) is 11.9. The first-order valence-electron chi connectivity index (χ1n) is 7.17. The van der Waals surface area contributed by atoms with E-state index in [1.807, 2.05) is 0 Å². The summed E-state index contributed by atoms with van der Waals surface area (Å²) in [4.78, 5) is 0. The van der Waals surface area contributed by atoms with Gasteiger partial charge in [0.15, 0.2) is 6.29 Å². The molecule has 0 radical (unpaired) electrons. The smallest absolute Gasteiger partial charge is 0.159 e. The van der Waals surface area contributed by atoms with Gasteiger partial charge in [-0.15, -0.1) is 0 Å². The first-order valence-corrected chi connectivity index (χ1v) is 7.17. The highest BCUT2D eigenvalue weighted by Gasteiger charge is 2.13. The maximum absolute atomic E-state index is 8.67. The van der Waals surface area contributed by atoms with Crippen molar-refractivity contribution in [1.29, 1.82) is 0 Å². The first-order chi connectivity index (χ1) is 8.72. The summed E-state index contributed by atoms with van der Waals surface area (Å²) in [5.41, 5.74) is 0. The van der Waals surface area contributed by atoms with Gasteiger partial charge in [-0.05, 0) is 38.5 Å². The number of unbranched alkanes of at least 4 members (excludes halogenated alkanes) is 4. The maximum atomic E-state index is 8.67. The Morgan fingerprint density at radius 3 is 1.50 bits per heavy atom. The zero-order valence-electron chi connectivity index (χ0n) is 11.9. The fourth-order valence-electron chi connectivity index (χ4n) is 1.61. The predicted molar refractivity (Wildman–Crippen MR) is 72.4 cm³/mol. The average molecular weight is 262 g/mol. The van der Waals surface area contributed by atoms with E-state index in [4.69, 9.17) is 19.7 Å². The van der Waals surface area contributed by atoms with Crippen molar-refractivity contribution >= 4 is 0 Å². The third-order valence-corrected chi connectivity index (χ3v) is 2.71. The van der Waals surface area contributed by atoms with Crippen molar-refractivity contribution in [3.05, 3.63) is 0 Å². The summed E-state index contributed by atoms with van der Waals surface area (Å²) in [5.74, 6) is 0.348. The molecule has 0 rings (SSSR count). The van der Waals surface area contributed by atoms with Crippen LogP contribution in [0.5, 0.6) is 0 Å². The van der Waals surface area contributed by atoms with E-state index in [-0.39, 0.29) is 19.5 Å². The quantitative estimate of drug-likeness (QED) is 0.395. The minimum absolute atomic E-state index is 0.131. The van der Waals surface area contributed by atoms with Crippen molar-refractivity contribution in [3.8, 4) is 0 Å². The van der Waals surface area contributed by atoms with Crippen molar-refractivity contribution < 1.29 is 19.7 Å². The Balaban J connectivity index is 3.53. The molecule has 0 bridgehead atoms. The highest BCUT2D eigenvalue weighted by atomic mass is 16.7. The van der Waals surface area contributed by atoms with Crippen molar-refractivity contribution in [3.63, 3.8) is 0 Å². The number of aliphatic hydroxyl groups is 2. The van der Waals surface area contributed by atoms with Crippen molar-refractivity contribution in [2.45, 2.75) is 58.7 Å². The molecule has 0 unspecified atom stereocenters. The SMILES string of the molecule is CC(C)C(OCCCCCO)OCCCCCO. The Bertz CT molecular complexity index is 148. The van der Waals surface area contributed by atoms with E-state index in [0.717, 1.165) is 38.5 Å². The minimum atomic E-state index is -0.131. The lowest BCUT2D eigenvalue weighted by molar-refractivity contribution is -0.167. The topological polar surface area (TPSA) is 58.9 Å². The van der Waals surface area contributed by atoms with Gasteiger partial charge in [0.1, 0.15) is 0 Å². The Labute approximate surface area is 111 Å². The van der Waals surface area contributed by atoms with Crippen LogP contribution < -0.4 is 0 Å². The number of rotatable bonds is 13. The van der Waals surface area contributed by atoms with Crippen LogP contribution in [0.15, 0.2) is 0 Å². The second kappa shape index (κ2) is 13.3. The average Bonchev–Trinajstić information content (AvgIpc) is 2.35.